The summed E-state index contributed by atoms with van der Waals surface area (Å²) in [7, 11) is 1.61. The molecule has 0 radical (unpaired) electrons. The molecule has 0 heterocycles. The third kappa shape index (κ3) is 5.46. The summed E-state index contributed by atoms with van der Waals surface area (Å²) in [6.45, 7) is 9.21. The maximum absolute atomic E-state index is 11.6. The lowest BCUT2D eigenvalue weighted by Crippen LogP contribution is -2.25. The molecule has 0 N–H and O–H groups in total. The highest BCUT2D eigenvalue weighted by atomic mass is 16.6. The first-order chi connectivity index (χ1) is 8.81. The predicted octanol–water partition coefficient (Wildman–Crippen LogP) is 3.07. The lowest BCUT2D eigenvalue weighted by molar-refractivity contribution is -0.154. The van der Waals surface area contributed by atoms with Gasteiger partial charge in [0.2, 0.25) is 0 Å². The van der Waals surface area contributed by atoms with E-state index in [0.29, 0.717) is 0 Å². The Morgan fingerprint density at radius 2 is 1.79 bits per heavy atom. The van der Waals surface area contributed by atoms with E-state index in [-0.39, 0.29) is 12.4 Å². The van der Waals surface area contributed by atoms with Gasteiger partial charge in [0.25, 0.3) is 0 Å². The Bertz CT molecular complexity index is 440. The van der Waals surface area contributed by atoms with Crippen molar-refractivity contribution in [3.8, 4) is 5.75 Å². The van der Waals surface area contributed by atoms with Gasteiger partial charge < -0.3 is 14.2 Å². The zero-order valence-electron chi connectivity index (χ0n) is 11.9. The molecule has 0 aliphatic rings. The standard InChI is InChI=1S/C15H20O4/c1-11(14(16)19-15(2,3)4)18-10-12-6-8-13(17-5)9-7-12/h6-9H,1,10H2,2-5H3. The summed E-state index contributed by atoms with van der Waals surface area (Å²) in [5.41, 5.74) is 0.370. The zero-order chi connectivity index (χ0) is 14.5. The van der Waals surface area contributed by atoms with Crippen LogP contribution in [0.15, 0.2) is 36.6 Å². The van der Waals surface area contributed by atoms with Crippen molar-refractivity contribution in [1.82, 2.24) is 0 Å². The van der Waals surface area contributed by atoms with E-state index < -0.39 is 11.6 Å². The number of esters is 1. The number of hydrogen-bond acceptors (Lipinski definition) is 4. The van der Waals surface area contributed by atoms with Crippen LogP contribution in [-0.4, -0.2) is 18.7 Å². The number of hydrogen-bond donors (Lipinski definition) is 0. The molecule has 4 heteroatoms. The van der Waals surface area contributed by atoms with Crippen molar-refractivity contribution in [2.45, 2.75) is 33.0 Å². The van der Waals surface area contributed by atoms with Crippen molar-refractivity contribution < 1.29 is 19.0 Å². The molecule has 4 nitrogen and oxygen atoms in total. The van der Waals surface area contributed by atoms with Crippen LogP contribution in [0.3, 0.4) is 0 Å². The minimum Gasteiger partial charge on any atom is -0.497 e. The third-order valence-corrected chi connectivity index (χ3v) is 2.20. The van der Waals surface area contributed by atoms with Crippen LogP contribution in [0, 0.1) is 0 Å². The van der Waals surface area contributed by atoms with Gasteiger partial charge in [-0.1, -0.05) is 12.1 Å². The Morgan fingerprint density at radius 3 is 2.26 bits per heavy atom. The van der Waals surface area contributed by atoms with Crippen molar-refractivity contribution in [2.75, 3.05) is 7.11 Å². The van der Waals surface area contributed by atoms with Crippen molar-refractivity contribution in [3.63, 3.8) is 0 Å². The van der Waals surface area contributed by atoms with E-state index in [1.807, 2.05) is 24.3 Å². The van der Waals surface area contributed by atoms with Gasteiger partial charge in [-0.05, 0) is 45.0 Å². The Balaban J connectivity index is 2.47. The Morgan fingerprint density at radius 1 is 1.21 bits per heavy atom. The Hall–Kier alpha value is -1.97. The second-order valence-electron chi connectivity index (χ2n) is 5.06. The van der Waals surface area contributed by atoms with Crippen molar-refractivity contribution in [3.05, 3.63) is 42.2 Å². The molecule has 0 aliphatic heterocycles. The summed E-state index contributed by atoms with van der Waals surface area (Å²) >= 11 is 0. The lowest BCUT2D eigenvalue weighted by atomic mass is 10.2. The summed E-state index contributed by atoms with van der Waals surface area (Å²) in [5, 5.41) is 0. The molecule has 1 aromatic carbocycles. The minimum atomic E-state index is -0.552. The molecule has 1 aromatic rings. The highest BCUT2D eigenvalue weighted by Gasteiger charge is 2.19. The van der Waals surface area contributed by atoms with E-state index in [2.05, 4.69) is 6.58 Å². The molecule has 0 saturated carbocycles. The molecular weight excluding hydrogens is 244 g/mol. The van der Waals surface area contributed by atoms with Crippen molar-refractivity contribution in [1.29, 1.82) is 0 Å². The average Bonchev–Trinajstić information content (AvgIpc) is 2.34. The fourth-order valence-corrected chi connectivity index (χ4v) is 1.29. The average molecular weight is 264 g/mol. The summed E-state index contributed by atoms with van der Waals surface area (Å²) in [6, 6.07) is 7.38. The number of carbonyl (C=O) groups is 1. The van der Waals surface area contributed by atoms with E-state index in [4.69, 9.17) is 14.2 Å². The third-order valence-electron chi connectivity index (χ3n) is 2.20. The molecule has 0 aliphatic carbocycles. The predicted molar refractivity (Wildman–Crippen MR) is 72.8 cm³/mol. The molecule has 0 fully saturated rings. The van der Waals surface area contributed by atoms with E-state index in [1.165, 1.54) is 0 Å². The van der Waals surface area contributed by atoms with Crippen molar-refractivity contribution >= 4 is 5.97 Å². The van der Waals surface area contributed by atoms with Crippen LogP contribution in [0.4, 0.5) is 0 Å². The second kappa shape index (κ2) is 6.27. The van der Waals surface area contributed by atoms with Crippen LogP contribution in [0.2, 0.25) is 0 Å². The summed E-state index contributed by atoms with van der Waals surface area (Å²) < 4.78 is 15.5. The Labute approximate surface area is 114 Å². The van der Waals surface area contributed by atoms with Gasteiger partial charge in [-0.2, -0.15) is 0 Å². The van der Waals surface area contributed by atoms with E-state index in [1.54, 1.807) is 27.9 Å². The molecule has 0 aromatic heterocycles. The normalized spacial score (nSPS) is 10.7. The number of methoxy groups -OCH3 is 1. The van der Waals surface area contributed by atoms with Gasteiger partial charge in [0.1, 0.15) is 18.0 Å². The molecule has 0 atom stereocenters. The largest absolute Gasteiger partial charge is 0.497 e. The van der Waals surface area contributed by atoms with Crippen LogP contribution in [0.1, 0.15) is 26.3 Å². The maximum Gasteiger partial charge on any atom is 0.373 e. The number of benzene rings is 1. The lowest BCUT2D eigenvalue weighted by Gasteiger charge is -2.20. The molecule has 0 bridgehead atoms. The first-order valence-electron chi connectivity index (χ1n) is 6.00. The minimum absolute atomic E-state index is 0.00532. The van der Waals surface area contributed by atoms with Gasteiger partial charge in [0, 0.05) is 0 Å². The van der Waals surface area contributed by atoms with E-state index in [9.17, 15) is 4.79 Å². The van der Waals surface area contributed by atoms with E-state index >= 15 is 0 Å². The summed E-state index contributed by atoms with van der Waals surface area (Å²) in [5.74, 6) is 0.237. The summed E-state index contributed by atoms with van der Waals surface area (Å²) in [6.07, 6.45) is 0. The van der Waals surface area contributed by atoms with E-state index in [0.717, 1.165) is 11.3 Å². The van der Waals surface area contributed by atoms with Gasteiger partial charge in [-0.3, -0.25) is 0 Å². The Kier molecular flexibility index (Phi) is 4.98. The first kappa shape index (κ1) is 15.1. The van der Waals surface area contributed by atoms with Crippen molar-refractivity contribution in [2.24, 2.45) is 0 Å². The number of rotatable bonds is 5. The first-order valence-corrected chi connectivity index (χ1v) is 6.00. The molecule has 19 heavy (non-hydrogen) atoms. The molecule has 0 saturated heterocycles. The molecule has 0 unspecified atom stereocenters. The molecule has 0 spiro atoms. The van der Waals surface area contributed by atoms with Gasteiger partial charge >= 0.3 is 5.97 Å². The van der Waals surface area contributed by atoms with Crippen LogP contribution >= 0.6 is 0 Å². The molecule has 1 rings (SSSR count). The van der Waals surface area contributed by atoms with Gasteiger partial charge in [-0.25, -0.2) is 4.79 Å². The SMILES string of the molecule is C=C(OCc1ccc(OC)cc1)C(=O)OC(C)(C)C. The van der Waals surface area contributed by atoms with Crippen LogP contribution in [-0.2, 0) is 20.9 Å². The van der Waals surface area contributed by atoms with Crippen LogP contribution < -0.4 is 4.74 Å². The summed E-state index contributed by atoms with van der Waals surface area (Å²) in [4.78, 5) is 11.6. The van der Waals surface area contributed by atoms with Crippen LogP contribution in [0.5, 0.6) is 5.75 Å². The number of carbonyl (C=O) groups excluding carboxylic acids is 1. The topological polar surface area (TPSA) is 44.8 Å². The quantitative estimate of drug-likeness (QED) is 0.466. The fourth-order valence-electron chi connectivity index (χ4n) is 1.29. The molecular formula is C15H20O4. The molecule has 0 amide bonds. The smallest absolute Gasteiger partial charge is 0.373 e. The highest BCUT2D eigenvalue weighted by molar-refractivity contribution is 5.85. The fraction of sp³-hybridized carbons (Fsp3) is 0.400. The highest BCUT2D eigenvalue weighted by Crippen LogP contribution is 2.15. The van der Waals surface area contributed by atoms with Crippen LogP contribution in [0.25, 0.3) is 0 Å². The second-order valence-corrected chi connectivity index (χ2v) is 5.06. The van der Waals surface area contributed by atoms with Gasteiger partial charge in [0.05, 0.1) is 7.11 Å². The monoisotopic (exact) mass is 264 g/mol. The molecule has 104 valence electrons. The maximum atomic E-state index is 11.6. The van der Waals surface area contributed by atoms with Gasteiger partial charge in [0.15, 0.2) is 5.76 Å². The number of ether oxygens (including phenoxy) is 3. The van der Waals surface area contributed by atoms with Gasteiger partial charge in [-0.15, -0.1) is 0 Å². The zero-order valence-corrected chi connectivity index (χ0v) is 11.9.